The largest absolute Gasteiger partial charge is 0.445 e. The highest BCUT2D eigenvalue weighted by Crippen LogP contribution is 2.39. The fourth-order valence-corrected chi connectivity index (χ4v) is 1.88. The number of nitrogens with one attached hydrogen (secondary N) is 1. The number of ether oxygens (including phenoxy) is 1. The lowest BCUT2D eigenvalue weighted by atomic mass is 10.1. The summed E-state index contributed by atoms with van der Waals surface area (Å²) < 4.78 is 3.14. The monoisotopic (exact) mass is 358 g/mol. The van der Waals surface area contributed by atoms with Crippen LogP contribution in [0.5, 0.6) is 0 Å². The van der Waals surface area contributed by atoms with Crippen LogP contribution in [0.1, 0.15) is 17.9 Å². The van der Waals surface area contributed by atoms with E-state index in [1.807, 2.05) is 12.1 Å². The molecule has 1 amide bonds. The number of anilines is 1. The molecule has 1 aliphatic carbocycles. The van der Waals surface area contributed by atoms with Gasteiger partial charge >= 0.3 is 6.09 Å². The lowest BCUT2D eigenvalue weighted by Gasteiger charge is -2.12. The average Bonchev–Trinajstić information content (AvgIpc) is 3.04. The molecule has 1 aromatic rings. The van der Waals surface area contributed by atoms with Gasteiger partial charge in [-0.05, 0) is 24.1 Å². The highest BCUT2D eigenvalue weighted by atomic mass is 35.6. The molecule has 1 aromatic carbocycles. The molecule has 2 atom stereocenters. The molecule has 1 saturated carbocycles. The van der Waals surface area contributed by atoms with Gasteiger partial charge in [-0.15, -0.1) is 12.4 Å². The van der Waals surface area contributed by atoms with Crippen LogP contribution in [0.3, 0.4) is 0 Å². The van der Waals surface area contributed by atoms with Crippen molar-refractivity contribution in [2.24, 2.45) is 5.73 Å². The van der Waals surface area contributed by atoms with Gasteiger partial charge in [-0.2, -0.15) is 0 Å². The minimum atomic E-state index is -1.61. The van der Waals surface area contributed by atoms with Crippen molar-refractivity contribution in [1.82, 2.24) is 0 Å². The molecule has 1 aliphatic rings. The van der Waals surface area contributed by atoms with E-state index in [4.69, 9.17) is 45.3 Å². The zero-order chi connectivity index (χ0) is 14.0. The Morgan fingerprint density at radius 3 is 2.35 bits per heavy atom. The van der Waals surface area contributed by atoms with Crippen molar-refractivity contribution in [3.05, 3.63) is 29.8 Å². The Morgan fingerprint density at radius 2 is 1.90 bits per heavy atom. The fourth-order valence-electron chi connectivity index (χ4n) is 1.71. The molecule has 8 heteroatoms. The number of benzene rings is 1. The number of amides is 1. The molecule has 112 valence electrons. The summed E-state index contributed by atoms with van der Waals surface area (Å²) >= 11 is 16.4. The van der Waals surface area contributed by atoms with Crippen LogP contribution < -0.4 is 11.1 Å². The van der Waals surface area contributed by atoms with Gasteiger partial charge in [-0.3, -0.25) is 5.32 Å². The number of hydrogen-bond donors (Lipinski definition) is 2. The normalized spacial score (nSPS) is 20.8. The summed E-state index contributed by atoms with van der Waals surface area (Å²) in [4.78, 5) is 11.4. The quantitative estimate of drug-likeness (QED) is 0.806. The van der Waals surface area contributed by atoms with Crippen LogP contribution in [-0.2, 0) is 4.74 Å². The molecule has 0 saturated heterocycles. The first-order valence-electron chi connectivity index (χ1n) is 5.71. The van der Waals surface area contributed by atoms with Gasteiger partial charge < -0.3 is 10.5 Å². The second-order valence-corrected chi connectivity index (χ2v) is 6.96. The molecule has 4 nitrogen and oxygen atoms in total. The van der Waals surface area contributed by atoms with Gasteiger partial charge in [0.15, 0.2) is 0 Å². The molecule has 0 spiro atoms. The van der Waals surface area contributed by atoms with E-state index in [0.29, 0.717) is 11.6 Å². The van der Waals surface area contributed by atoms with Crippen LogP contribution >= 0.6 is 47.2 Å². The highest BCUT2D eigenvalue weighted by Gasteiger charge is 2.34. The van der Waals surface area contributed by atoms with Crippen molar-refractivity contribution < 1.29 is 9.53 Å². The number of rotatable bonds is 3. The van der Waals surface area contributed by atoms with Gasteiger partial charge in [-0.25, -0.2) is 4.79 Å². The molecule has 0 radical (unpaired) electrons. The van der Waals surface area contributed by atoms with E-state index < -0.39 is 9.89 Å². The van der Waals surface area contributed by atoms with Crippen LogP contribution in [0.15, 0.2) is 24.3 Å². The smallest absolute Gasteiger partial charge is 0.411 e. The van der Waals surface area contributed by atoms with Crippen molar-refractivity contribution in [2.45, 2.75) is 22.2 Å². The van der Waals surface area contributed by atoms with Gasteiger partial charge in [0.1, 0.15) is 6.61 Å². The molecular weight excluding hydrogens is 346 g/mol. The van der Waals surface area contributed by atoms with Crippen LogP contribution in [0.4, 0.5) is 10.5 Å². The Kier molecular flexibility index (Phi) is 6.23. The summed E-state index contributed by atoms with van der Waals surface area (Å²) in [5.74, 6) is 0.436. The van der Waals surface area contributed by atoms with Gasteiger partial charge in [0.05, 0.1) is 0 Å². The maximum absolute atomic E-state index is 11.4. The molecule has 0 heterocycles. The van der Waals surface area contributed by atoms with Crippen LogP contribution in [0.2, 0.25) is 0 Å². The number of nitrogens with two attached hydrogens (primary N) is 1. The maximum Gasteiger partial charge on any atom is 0.411 e. The Bertz CT molecular complexity index is 462. The summed E-state index contributed by atoms with van der Waals surface area (Å²) in [7, 11) is 0. The Balaban J connectivity index is 0.00000200. The van der Waals surface area contributed by atoms with E-state index in [1.54, 1.807) is 12.1 Å². The number of halogens is 4. The number of hydrogen-bond acceptors (Lipinski definition) is 3. The lowest BCUT2D eigenvalue weighted by Crippen LogP contribution is -2.21. The molecule has 0 bridgehead atoms. The van der Waals surface area contributed by atoms with Crippen LogP contribution in [0.25, 0.3) is 0 Å². The number of carbonyl (C=O) groups excluding carboxylic acids is 1. The summed E-state index contributed by atoms with van der Waals surface area (Å²) in [5.41, 5.74) is 7.56. The van der Waals surface area contributed by atoms with E-state index in [2.05, 4.69) is 5.32 Å². The summed E-state index contributed by atoms with van der Waals surface area (Å²) in [5, 5.41) is 2.54. The van der Waals surface area contributed by atoms with Gasteiger partial charge in [0.25, 0.3) is 0 Å². The molecular formula is C12H14Cl4N2O2. The zero-order valence-corrected chi connectivity index (χ0v) is 13.4. The Labute approximate surface area is 138 Å². The molecule has 0 aromatic heterocycles. The first kappa shape index (κ1) is 17.7. The third-order valence-corrected chi connectivity index (χ3v) is 3.12. The van der Waals surface area contributed by atoms with Crippen molar-refractivity contribution in [2.75, 3.05) is 11.9 Å². The molecule has 0 unspecified atom stereocenters. The van der Waals surface area contributed by atoms with E-state index >= 15 is 0 Å². The maximum atomic E-state index is 11.4. The number of carbonyl (C=O) groups is 1. The minimum absolute atomic E-state index is 0. The van der Waals surface area contributed by atoms with Crippen LogP contribution in [-0.4, -0.2) is 22.5 Å². The van der Waals surface area contributed by atoms with Crippen molar-refractivity contribution in [3.63, 3.8) is 0 Å². The SMILES string of the molecule is Cl.N[C@@H]1C[C@H]1c1ccc(NC(=O)OCC(Cl)(Cl)Cl)cc1. The zero-order valence-electron chi connectivity index (χ0n) is 10.3. The molecule has 20 heavy (non-hydrogen) atoms. The highest BCUT2D eigenvalue weighted by molar-refractivity contribution is 6.67. The fraction of sp³-hybridized carbons (Fsp3) is 0.417. The lowest BCUT2D eigenvalue weighted by molar-refractivity contribution is 0.164. The first-order valence-corrected chi connectivity index (χ1v) is 6.84. The standard InChI is InChI=1S/C12H13Cl3N2O2.ClH/c13-12(14,15)6-19-11(18)17-8-3-1-7(2-4-8)9-5-10(9)16;/h1-4,9-10H,5-6,16H2,(H,17,18);1H/t9-,10+;/m0./s1. The summed E-state index contributed by atoms with van der Waals surface area (Å²) in [6, 6.07) is 7.70. The van der Waals surface area contributed by atoms with Gasteiger partial charge in [-0.1, -0.05) is 46.9 Å². The van der Waals surface area contributed by atoms with Crippen molar-refractivity contribution in [1.29, 1.82) is 0 Å². The van der Waals surface area contributed by atoms with Crippen molar-refractivity contribution in [3.8, 4) is 0 Å². The molecule has 2 rings (SSSR count). The summed E-state index contributed by atoms with van der Waals surface area (Å²) in [6.45, 7) is -0.307. The van der Waals surface area contributed by atoms with Crippen LogP contribution in [0, 0.1) is 0 Å². The third kappa shape index (κ3) is 5.54. The first-order chi connectivity index (χ1) is 8.85. The minimum Gasteiger partial charge on any atom is -0.445 e. The third-order valence-electron chi connectivity index (χ3n) is 2.79. The Hall–Kier alpha value is -0.390. The van der Waals surface area contributed by atoms with Crippen molar-refractivity contribution >= 4 is 59.0 Å². The van der Waals surface area contributed by atoms with E-state index in [1.165, 1.54) is 5.56 Å². The topological polar surface area (TPSA) is 64.3 Å². The van der Waals surface area contributed by atoms with E-state index in [9.17, 15) is 4.79 Å². The second-order valence-electron chi connectivity index (χ2n) is 4.44. The number of alkyl halides is 3. The summed E-state index contributed by atoms with van der Waals surface area (Å²) in [6.07, 6.45) is 0.347. The molecule has 3 N–H and O–H groups in total. The van der Waals surface area contributed by atoms with Gasteiger partial charge in [0, 0.05) is 17.6 Å². The Morgan fingerprint density at radius 1 is 1.35 bits per heavy atom. The molecule has 1 fully saturated rings. The second kappa shape index (κ2) is 7.05. The molecule has 0 aliphatic heterocycles. The van der Waals surface area contributed by atoms with E-state index in [-0.39, 0.29) is 25.1 Å². The van der Waals surface area contributed by atoms with Gasteiger partial charge in [0.2, 0.25) is 3.79 Å². The average molecular weight is 360 g/mol. The predicted octanol–water partition coefficient (Wildman–Crippen LogP) is 3.84. The van der Waals surface area contributed by atoms with E-state index in [0.717, 1.165) is 6.42 Å². The predicted molar refractivity (Wildman–Crippen MR) is 84.3 cm³/mol.